The first kappa shape index (κ1) is 19.1. The molecule has 28 heavy (non-hydrogen) atoms. The number of likely N-dealkylation sites (tertiary alicyclic amines) is 1. The molecular formula is C23H27FN2O2. The van der Waals surface area contributed by atoms with E-state index in [1.807, 2.05) is 0 Å². The lowest BCUT2D eigenvalue weighted by Gasteiger charge is -2.47. The molecule has 4 rings (SSSR count). The Labute approximate surface area is 165 Å². The van der Waals surface area contributed by atoms with Gasteiger partial charge in [-0.3, -0.25) is 9.69 Å². The summed E-state index contributed by atoms with van der Waals surface area (Å²) < 4.78 is 19.7. The van der Waals surface area contributed by atoms with Gasteiger partial charge in [0.2, 0.25) is 0 Å². The van der Waals surface area contributed by atoms with Crippen molar-refractivity contribution in [1.29, 1.82) is 0 Å². The van der Waals surface area contributed by atoms with Gasteiger partial charge in [0, 0.05) is 25.3 Å². The molecule has 0 unspecified atom stereocenters. The van der Waals surface area contributed by atoms with Crippen LogP contribution in [0.15, 0.2) is 42.5 Å². The summed E-state index contributed by atoms with van der Waals surface area (Å²) in [5.74, 6) is -0.427. The number of hydrogen-bond acceptors (Lipinski definition) is 3. The highest BCUT2D eigenvalue weighted by Crippen LogP contribution is 2.33. The van der Waals surface area contributed by atoms with Crippen LogP contribution >= 0.6 is 0 Å². The number of morpholine rings is 1. The van der Waals surface area contributed by atoms with Gasteiger partial charge < -0.3 is 9.64 Å². The van der Waals surface area contributed by atoms with Crippen molar-refractivity contribution in [3.63, 3.8) is 0 Å². The number of halogens is 1. The molecule has 2 saturated heterocycles. The third-order valence-corrected chi connectivity index (χ3v) is 6.16. The summed E-state index contributed by atoms with van der Waals surface area (Å²) in [7, 11) is 0. The minimum Gasteiger partial charge on any atom is -0.363 e. The van der Waals surface area contributed by atoms with Crippen molar-refractivity contribution in [3.8, 4) is 0 Å². The molecule has 2 aliphatic rings. The third kappa shape index (κ3) is 3.82. The molecule has 1 amide bonds. The van der Waals surface area contributed by atoms with E-state index in [1.54, 1.807) is 17.0 Å². The number of rotatable bonds is 3. The fraction of sp³-hybridized carbons (Fsp3) is 0.435. The van der Waals surface area contributed by atoms with Gasteiger partial charge in [-0.05, 0) is 61.6 Å². The zero-order chi connectivity index (χ0) is 19.7. The Morgan fingerprint density at radius 2 is 1.75 bits per heavy atom. The van der Waals surface area contributed by atoms with Gasteiger partial charge in [-0.25, -0.2) is 4.39 Å². The molecule has 5 heteroatoms. The van der Waals surface area contributed by atoms with Crippen molar-refractivity contribution in [2.24, 2.45) is 0 Å². The normalized spacial score (nSPS) is 20.0. The molecule has 2 fully saturated rings. The number of carbonyl (C=O) groups is 1. The third-order valence-electron chi connectivity index (χ3n) is 6.16. The number of aryl methyl sites for hydroxylation is 2. The molecule has 4 nitrogen and oxygen atoms in total. The second-order valence-electron chi connectivity index (χ2n) is 8.08. The van der Waals surface area contributed by atoms with Crippen LogP contribution in [0.1, 0.15) is 29.5 Å². The fourth-order valence-electron chi connectivity index (χ4n) is 4.34. The average molecular weight is 382 g/mol. The average Bonchev–Trinajstić information content (AvgIpc) is 2.68. The van der Waals surface area contributed by atoms with Crippen LogP contribution in [0, 0.1) is 19.7 Å². The van der Waals surface area contributed by atoms with Gasteiger partial charge in [0.25, 0.3) is 5.91 Å². The molecule has 2 aromatic carbocycles. The number of carbonyl (C=O) groups excluding carboxylic acids is 1. The van der Waals surface area contributed by atoms with Gasteiger partial charge in [0.15, 0.2) is 0 Å². The standard InChI is InChI=1S/C23H27FN2O2/c1-17-5-3-6-18(2)21(17)14-25-11-9-23(10-12-25)16-26(22(27)15-28-23)20-8-4-7-19(24)13-20/h3-8,13H,9-12,14-16H2,1-2H3. The summed E-state index contributed by atoms with van der Waals surface area (Å²) >= 11 is 0. The molecular weight excluding hydrogens is 355 g/mol. The molecule has 0 aromatic heterocycles. The largest absolute Gasteiger partial charge is 0.363 e. The second-order valence-corrected chi connectivity index (χ2v) is 8.08. The van der Waals surface area contributed by atoms with E-state index in [1.165, 1.54) is 28.8 Å². The zero-order valence-corrected chi connectivity index (χ0v) is 16.6. The molecule has 2 heterocycles. The Hall–Kier alpha value is -2.24. The molecule has 0 N–H and O–H groups in total. The Morgan fingerprint density at radius 1 is 1.07 bits per heavy atom. The first-order valence-electron chi connectivity index (χ1n) is 9.93. The van der Waals surface area contributed by atoms with Crippen molar-refractivity contribution in [2.75, 3.05) is 31.1 Å². The first-order chi connectivity index (χ1) is 13.5. The van der Waals surface area contributed by atoms with E-state index in [0.717, 1.165) is 32.5 Å². The van der Waals surface area contributed by atoms with E-state index in [2.05, 4.69) is 36.9 Å². The van der Waals surface area contributed by atoms with Gasteiger partial charge >= 0.3 is 0 Å². The molecule has 0 bridgehead atoms. The summed E-state index contributed by atoms with van der Waals surface area (Å²) in [6.07, 6.45) is 1.74. The number of amides is 1. The van der Waals surface area contributed by atoms with Crippen LogP contribution < -0.4 is 4.90 Å². The molecule has 1 spiro atoms. The molecule has 0 aliphatic carbocycles. The minimum atomic E-state index is -0.336. The lowest BCUT2D eigenvalue weighted by molar-refractivity contribution is -0.145. The number of ether oxygens (including phenoxy) is 1. The van der Waals surface area contributed by atoms with E-state index in [-0.39, 0.29) is 23.9 Å². The quantitative estimate of drug-likeness (QED) is 0.809. The summed E-state index contributed by atoms with van der Waals surface area (Å²) in [5.41, 5.74) is 4.34. The Morgan fingerprint density at radius 3 is 2.43 bits per heavy atom. The maximum absolute atomic E-state index is 13.6. The van der Waals surface area contributed by atoms with Gasteiger partial charge in [-0.1, -0.05) is 24.3 Å². The number of anilines is 1. The van der Waals surface area contributed by atoms with E-state index in [0.29, 0.717) is 12.2 Å². The number of nitrogens with zero attached hydrogens (tertiary/aromatic N) is 2. The summed E-state index contributed by atoms with van der Waals surface area (Å²) in [6.45, 7) is 7.69. The SMILES string of the molecule is Cc1cccc(C)c1CN1CCC2(CC1)CN(c1cccc(F)c1)C(=O)CO2. The van der Waals surface area contributed by atoms with Crippen molar-refractivity contribution >= 4 is 11.6 Å². The highest BCUT2D eigenvalue weighted by molar-refractivity contribution is 5.95. The van der Waals surface area contributed by atoms with Crippen molar-refractivity contribution in [3.05, 3.63) is 65.0 Å². The molecule has 2 aliphatic heterocycles. The number of piperidine rings is 1. The Bertz CT molecular complexity index is 854. The van der Waals surface area contributed by atoms with Gasteiger partial charge in [-0.15, -0.1) is 0 Å². The highest BCUT2D eigenvalue weighted by atomic mass is 19.1. The van der Waals surface area contributed by atoms with Crippen LogP contribution in [-0.4, -0.2) is 42.6 Å². The predicted molar refractivity (Wildman–Crippen MR) is 108 cm³/mol. The lowest BCUT2D eigenvalue weighted by atomic mass is 9.88. The lowest BCUT2D eigenvalue weighted by Crippen LogP contribution is -2.58. The second kappa shape index (κ2) is 7.64. The number of hydrogen-bond donors (Lipinski definition) is 0. The fourth-order valence-corrected chi connectivity index (χ4v) is 4.34. The smallest absolute Gasteiger partial charge is 0.253 e. The van der Waals surface area contributed by atoms with Crippen LogP contribution in [0.2, 0.25) is 0 Å². The Balaban J connectivity index is 1.44. The van der Waals surface area contributed by atoms with Gasteiger partial charge in [0.1, 0.15) is 12.4 Å². The number of benzene rings is 2. The monoisotopic (exact) mass is 382 g/mol. The highest BCUT2D eigenvalue weighted by Gasteiger charge is 2.42. The zero-order valence-electron chi connectivity index (χ0n) is 16.6. The molecule has 0 atom stereocenters. The van der Waals surface area contributed by atoms with Crippen molar-refractivity contribution < 1.29 is 13.9 Å². The van der Waals surface area contributed by atoms with E-state index in [9.17, 15) is 9.18 Å². The maximum Gasteiger partial charge on any atom is 0.253 e. The summed E-state index contributed by atoms with van der Waals surface area (Å²) in [4.78, 5) is 16.5. The van der Waals surface area contributed by atoms with Gasteiger partial charge in [-0.2, -0.15) is 0 Å². The predicted octanol–water partition coefficient (Wildman–Crippen LogP) is 3.84. The van der Waals surface area contributed by atoms with Crippen LogP contribution in [-0.2, 0) is 16.1 Å². The van der Waals surface area contributed by atoms with Gasteiger partial charge in [0.05, 0.1) is 12.1 Å². The molecule has 148 valence electrons. The van der Waals surface area contributed by atoms with Crippen LogP contribution in [0.4, 0.5) is 10.1 Å². The van der Waals surface area contributed by atoms with E-state index < -0.39 is 0 Å². The summed E-state index contributed by atoms with van der Waals surface area (Å²) in [5, 5.41) is 0. The molecule has 0 saturated carbocycles. The molecule has 2 aromatic rings. The summed E-state index contributed by atoms with van der Waals surface area (Å²) in [6, 6.07) is 12.7. The topological polar surface area (TPSA) is 32.8 Å². The minimum absolute atomic E-state index is 0.0629. The van der Waals surface area contributed by atoms with Crippen molar-refractivity contribution in [1.82, 2.24) is 4.90 Å². The maximum atomic E-state index is 13.6. The van der Waals surface area contributed by atoms with E-state index in [4.69, 9.17) is 4.74 Å². The first-order valence-corrected chi connectivity index (χ1v) is 9.93. The van der Waals surface area contributed by atoms with Crippen LogP contribution in [0.3, 0.4) is 0 Å². The molecule has 0 radical (unpaired) electrons. The van der Waals surface area contributed by atoms with Crippen LogP contribution in [0.5, 0.6) is 0 Å². The van der Waals surface area contributed by atoms with E-state index >= 15 is 0 Å². The van der Waals surface area contributed by atoms with Crippen LogP contribution in [0.25, 0.3) is 0 Å². The Kier molecular flexibility index (Phi) is 5.21. The van der Waals surface area contributed by atoms with Crippen molar-refractivity contribution in [2.45, 2.75) is 38.8 Å².